The maximum atomic E-state index is 10.3. The molecule has 16 heavy (non-hydrogen) atoms. The molecule has 1 rings (SSSR count). The van der Waals surface area contributed by atoms with E-state index in [1.54, 1.807) is 0 Å². The number of amides is 1. The Bertz CT molecular complexity index is 194. The number of hydrogen-bond donors (Lipinski definition) is 1. The van der Waals surface area contributed by atoms with E-state index < -0.39 is 5.91 Å². The maximum Gasteiger partial charge on any atom is 0.243 e. The average molecular weight is 230 g/mol. The van der Waals surface area contributed by atoms with Gasteiger partial charge in [0.05, 0.1) is 19.8 Å². The minimum absolute atomic E-state index is 0.0184. The van der Waals surface area contributed by atoms with E-state index in [0.717, 1.165) is 13.2 Å². The SMILES string of the molecule is NC(=O)COCCOCCN1CCCCC1. The molecule has 0 unspecified atom stereocenters. The Morgan fingerprint density at radius 1 is 1.06 bits per heavy atom. The van der Waals surface area contributed by atoms with Gasteiger partial charge in [-0.1, -0.05) is 6.42 Å². The van der Waals surface area contributed by atoms with E-state index in [0.29, 0.717) is 13.2 Å². The molecule has 0 aromatic heterocycles. The Kier molecular flexibility index (Phi) is 7.12. The van der Waals surface area contributed by atoms with Crippen molar-refractivity contribution in [2.45, 2.75) is 19.3 Å². The third-order valence-corrected chi connectivity index (χ3v) is 2.62. The molecule has 5 nitrogen and oxygen atoms in total. The molecule has 0 aromatic carbocycles. The molecule has 0 atom stereocenters. The number of likely N-dealkylation sites (tertiary alicyclic amines) is 1. The number of nitrogens with two attached hydrogens (primary N) is 1. The average Bonchev–Trinajstić information content (AvgIpc) is 2.29. The van der Waals surface area contributed by atoms with Crippen LogP contribution in [0.3, 0.4) is 0 Å². The molecule has 2 N–H and O–H groups in total. The van der Waals surface area contributed by atoms with Gasteiger partial charge in [0.15, 0.2) is 0 Å². The fraction of sp³-hybridized carbons (Fsp3) is 0.909. The second-order valence-corrected chi connectivity index (χ2v) is 4.03. The van der Waals surface area contributed by atoms with Crippen molar-refractivity contribution in [1.82, 2.24) is 4.90 Å². The predicted molar refractivity (Wildman–Crippen MR) is 61.1 cm³/mol. The summed E-state index contributed by atoms with van der Waals surface area (Å²) in [5.74, 6) is -0.437. The van der Waals surface area contributed by atoms with E-state index in [4.69, 9.17) is 15.2 Å². The number of hydrogen-bond acceptors (Lipinski definition) is 4. The highest BCUT2D eigenvalue weighted by atomic mass is 16.5. The van der Waals surface area contributed by atoms with Crippen LogP contribution in [0.4, 0.5) is 0 Å². The quantitative estimate of drug-likeness (QED) is 0.596. The zero-order valence-electron chi connectivity index (χ0n) is 9.82. The molecule has 1 aliphatic heterocycles. The first-order valence-corrected chi connectivity index (χ1v) is 5.95. The molecular formula is C11H22N2O3. The van der Waals surface area contributed by atoms with Crippen LogP contribution in [-0.4, -0.2) is 56.9 Å². The van der Waals surface area contributed by atoms with Gasteiger partial charge in [-0.3, -0.25) is 4.79 Å². The Labute approximate surface area is 96.9 Å². The fourth-order valence-electron chi connectivity index (χ4n) is 1.77. The number of carbonyl (C=O) groups is 1. The molecule has 1 aliphatic rings. The number of ether oxygens (including phenoxy) is 2. The molecule has 1 saturated heterocycles. The highest BCUT2D eigenvalue weighted by Crippen LogP contribution is 2.07. The summed E-state index contributed by atoms with van der Waals surface area (Å²) >= 11 is 0. The lowest BCUT2D eigenvalue weighted by molar-refractivity contribution is -0.123. The number of piperidine rings is 1. The monoisotopic (exact) mass is 230 g/mol. The first-order chi connectivity index (χ1) is 7.79. The number of carbonyl (C=O) groups excluding carboxylic acids is 1. The van der Waals surface area contributed by atoms with Crippen molar-refractivity contribution in [3.63, 3.8) is 0 Å². The van der Waals surface area contributed by atoms with Crippen LogP contribution in [-0.2, 0) is 14.3 Å². The lowest BCUT2D eigenvalue weighted by atomic mass is 10.1. The molecule has 0 saturated carbocycles. The van der Waals surface area contributed by atoms with Gasteiger partial charge in [-0.2, -0.15) is 0 Å². The van der Waals surface area contributed by atoms with Gasteiger partial charge in [0, 0.05) is 6.54 Å². The van der Waals surface area contributed by atoms with Gasteiger partial charge < -0.3 is 20.1 Å². The standard InChI is InChI=1S/C11H22N2O3/c12-11(14)10-16-9-8-15-7-6-13-4-2-1-3-5-13/h1-10H2,(H2,12,14). The van der Waals surface area contributed by atoms with Gasteiger partial charge >= 0.3 is 0 Å². The van der Waals surface area contributed by atoms with Crippen LogP contribution >= 0.6 is 0 Å². The van der Waals surface area contributed by atoms with Crippen molar-refractivity contribution in [1.29, 1.82) is 0 Å². The Hall–Kier alpha value is -0.650. The van der Waals surface area contributed by atoms with Crippen molar-refractivity contribution in [3.8, 4) is 0 Å². The van der Waals surface area contributed by atoms with Crippen molar-refractivity contribution in [2.75, 3.05) is 46.1 Å². The van der Waals surface area contributed by atoms with E-state index in [1.807, 2.05) is 0 Å². The van der Waals surface area contributed by atoms with Gasteiger partial charge in [0.1, 0.15) is 6.61 Å². The van der Waals surface area contributed by atoms with Crippen LogP contribution < -0.4 is 5.73 Å². The highest BCUT2D eigenvalue weighted by molar-refractivity contribution is 5.74. The van der Waals surface area contributed by atoms with Crippen LogP contribution in [0.2, 0.25) is 0 Å². The zero-order chi connectivity index (χ0) is 11.6. The molecule has 0 spiro atoms. The largest absolute Gasteiger partial charge is 0.378 e. The van der Waals surface area contributed by atoms with Crippen molar-refractivity contribution >= 4 is 5.91 Å². The van der Waals surface area contributed by atoms with Crippen molar-refractivity contribution < 1.29 is 14.3 Å². The third kappa shape index (κ3) is 6.76. The minimum Gasteiger partial charge on any atom is -0.378 e. The van der Waals surface area contributed by atoms with E-state index >= 15 is 0 Å². The molecular weight excluding hydrogens is 208 g/mol. The van der Waals surface area contributed by atoms with Crippen LogP contribution in [0.15, 0.2) is 0 Å². The van der Waals surface area contributed by atoms with E-state index in [1.165, 1.54) is 32.4 Å². The summed E-state index contributed by atoms with van der Waals surface area (Å²) in [6.07, 6.45) is 3.97. The van der Waals surface area contributed by atoms with Gasteiger partial charge in [-0.05, 0) is 25.9 Å². The van der Waals surface area contributed by atoms with E-state index in [9.17, 15) is 4.79 Å². The predicted octanol–water partition coefficient (Wildman–Crippen LogP) is -0.00920. The molecule has 1 heterocycles. The Balaban J connectivity index is 1.82. The van der Waals surface area contributed by atoms with Crippen LogP contribution in [0.5, 0.6) is 0 Å². The van der Waals surface area contributed by atoms with E-state index in [-0.39, 0.29) is 6.61 Å². The molecule has 1 amide bonds. The topological polar surface area (TPSA) is 64.8 Å². The summed E-state index contributed by atoms with van der Waals surface area (Å²) in [5, 5.41) is 0. The summed E-state index contributed by atoms with van der Waals surface area (Å²) in [7, 11) is 0. The molecule has 0 aromatic rings. The van der Waals surface area contributed by atoms with E-state index in [2.05, 4.69) is 4.90 Å². The third-order valence-electron chi connectivity index (χ3n) is 2.62. The number of rotatable bonds is 8. The van der Waals surface area contributed by atoms with Gasteiger partial charge in [0.25, 0.3) is 0 Å². The summed E-state index contributed by atoms with van der Waals surface area (Å²) in [6, 6.07) is 0. The second-order valence-electron chi connectivity index (χ2n) is 4.03. The zero-order valence-corrected chi connectivity index (χ0v) is 9.82. The first-order valence-electron chi connectivity index (χ1n) is 5.95. The van der Waals surface area contributed by atoms with Gasteiger partial charge in [-0.25, -0.2) is 0 Å². The minimum atomic E-state index is -0.437. The summed E-state index contributed by atoms with van der Waals surface area (Å²) in [5.41, 5.74) is 4.92. The summed E-state index contributed by atoms with van der Waals surface area (Å²) in [6.45, 7) is 5.07. The fourth-order valence-corrected chi connectivity index (χ4v) is 1.77. The summed E-state index contributed by atoms with van der Waals surface area (Å²) in [4.78, 5) is 12.8. The van der Waals surface area contributed by atoms with Gasteiger partial charge in [0.2, 0.25) is 5.91 Å². The number of primary amides is 1. The Morgan fingerprint density at radius 2 is 1.75 bits per heavy atom. The Morgan fingerprint density at radius 3 is 2.44 bits per heavy atom. The summed E-state index contributed by atoms with van der Waals surface area (Å²) < 4.78 is 10.4. The molecule has 5 heteroatoms. The first kappa shape index (κ1) is 13.4. The maximum absolute atomic E-state index is 10.3. The highest BCUT2D eigenvalue weighted by Gasteiger charge is 2.08. The van der Waals surface area contributed by atoms with Crippen molar-refractivity contribution in [3.05, 3.63) is 0 Å². The van der Waals surface area contributed by atoms with Gasteiger partial charge in [-0.15, -0.1) is 0 Å². The van der Waals surface area contributed by atoms with Crippen molar-refractivity contribution in [2.24, 2.45) is 5.73 Å². The number of nitrogens with zero attached hydrogens (tertiary/aromatic N) is 1. The lowest BCUT2D eigenvalue weighted by Crippen LogP contribution is -2.32. The second kappa shape index (κ2) is 8.50. The normalized spacial score (nSPS) is 17.5. The van der Waals surface area contributed by atoms with Crippen LogP contribution in [0, 0.1) is 0 Å². The van der Waals surface area contributed by atoms with Crippen LogP contribution in [0.25, 0.3) is 0 Å². The molecule has 0 bridgehead atoms. The lowest BCUT2D eigenvalue weighted by Gasteiger charge is -2.26. The van der Waals surface area contributed by atoms with Crippen LogP contribution in [0.1, 0.15) is 19.3 Å². The molecule has 0 aliphatic carbocycles. The molecule has 1 fully saturated rings. The molecule has 94 valence electrons. The molecule has 0 radical (unpaired) electrons. The smallest absolute Gasteiger partial charge is 0.243 e.